The van der Waals surface area contributed by atoms with E-state index in [2.05, 4.69) is 6.92 Å². The summed E-state index contributed by atoms with van der Waals surface area (Å²) in [6.07, 6.45) is 1.21. The molecule has 0 amide bonds. The predicted octanol–water partition coefficient (Wildman–Crippen LogP) is 0.839. The summed E-state index contributed by atoms with van der Waals surface area (Å²) in [6.45, 7) is 2.23. The van der Waals surface area contributed by atoms with Gasteiger partial charge in [0.05, 0.1) is 0 Å². The topological polar surface area (TPSA) is 26.0 Å². The third-order valence-corrected chi connectivity index (χ3v) is 2.61. The van der Waals surface area contributed by atoms with Gasteiger partial charge in [-0.05, 0) is 6.42 Å². The largest absolute Gasteiger partial charge is 0.327 e. The number of rotatable bonds is 0. The third kappa shape index (κ3) is 1.35. The standard InChI is InChI=1S/C5H11NS/c1-4-2-5(6)3-7-4/h4-5H,2-3,6H2,1H3/t4-,5+/m0/s1. The first-order chi connectivity index (χ1) is 3.29. The fourth-order valence-electron chi connectivity index (χ4n) is 0.850. The fraction of sp³-hybridized carbons (Fsp3) is 1.00. The zero-order valence-electron chi connectivity index (χ0n) is 4.55. The van der Waals surface area contributed by atoms with Crippen molar-refractivity contribution in [2.24, 2.45) is 5.73 Å². The van der Waals surface area contributed by atoms with Crippen molar-refractivity contribution in [3.05, 3.63) is 0 Å². The molecule has 0 unspecified atom stereocenters. The predicted molar refractivity (Wildman–Crippen MR) is 34.5 cm³/mol. The van der Waals surface area contributed by atoms with Crippen LogP contribution < -0.4 is 5.73 Å². The summed E-state index contributed by atoms with van der Waals surface area (Å²) >= 11 is 1.98. The SMILES string of the molecule is C[C@H]1C[C@@H](N)CS1. The first kappa shape index (κ1) is 5.45. The molecule has 0 spiro atoms. The summed E-state index contributed by atoms with van der Waals surface area (Å²) in [5.41, 5.74) is 5.60. The van der Waals surface area contributed by atoms with Gasteiger partial charge in [0.25, 0.3) is 0 Å². The van der Waals surface area contributed by atoms with Crippen molar-refractivity contribution in [3.63, 3.8) is 0 Å². The molecule has 42 valence electrons. The number of nitrogens with two attached hydrogens (primary N) is 1. The number of thioether (sulfide) groups is 1. The summed E-state index contributed by atoms with van der Waals surface area (Å²) in [5, 5.41) is 0.815. The van der Waals surface area contributed by atoms with E-state index in [1.54, 1.807) is 0 Å². The third-order valence-electron chi connectivity index (χ3n) is 1.23. The van der Waals surface area contributed by atoms with E-state index >= 15 is 0 Å². The molecule has 0 aliphatic carbocycles. The van der Waals surface area contributed by atoms with Crippen LogP contribution in [0.1, 0.15) is 13.3 Å². The van der Waals surface area contributed by atoms with E-state index in [9.17, 15) is 0 Å². The van der Waals surface area contributed by atoms with Crippen LogP contribution in [0.2, 0.25) is 0 Å². The van der Waals surface area contributed by atoms with Crippen LogP contribution in [0.5, 0.6) is 0 Å². The fourth-order valence-corrected chi connectivity index (χ4v) is 1.95. The summed E-state index contributed by atoms with van der Waals surface area (Å²) < 4.78 is 0. The second kappa shape index (κ2) is 2.05. The van der Waals surface area contributed by atoms with Crippen LogP contribution in [0.15, 0.2) is 0 Å². The molecule has 0 aromatic rings. The highest BCUT2D eigenvalue weighted by Crippen LogP contribution is 2.23. The molecule has 1 fully saturated rings. The second-order valence-electron chi connectivity index (χ2n) is 2.14. The van der Waals surface area contributed by atoms with Crippen molar-refractivity contribution in [2.75, 3.05) is 5.75 Å². The van der Waals surface area contributed by atoms with Gasteiger partial charge in [0.1, 0.15) is 0 Å². The van der Waals surface area contributed by atoms with Gasteiger partial charge in [-0.15, -0.1) is 0 Å². The number of hydrogen-bond acceptors (Lipinski definition) is 2. The highest BCUT2D eigenvalue weighted by atomic mass is 32.2. The lowest BCUT2D eigenvalue weighted by Crippen LogP contribution is -2.18. The van der Waals surface area contributed by atoms with E-state index in [0.717, 1.165) is 5.25 Å². The van der Waals surface area contributed by atoms with Gasteiger partial charge in [-0.2, -0.15) is 11.8 Å². The van der Waals surface area contributed by atoms with Gasteiger partial charge in [0.2, 0.25) is 0 Å². The minimum Gasteiger partial charge on any atom is -0.327 e. The minimum absolute atomic E-state index is 0.486. The summed E-state index contributed by atoms with van der Waals surface area (Å²) in [4.78, 5) is 0. The molecule has 1 saturated heterocycles. The Morgan fingerprint density at radius 2 is 2.43 bits per heavy atom. The zero-order chi connectivity index (χ0) is 5.28. The Balaban J connectivity index is 2.26. The second-order valence-corrected chi connectivity index (χ2v) is 3.61. The van der Waals surface area contributed by atoms with E-state index in [0.29, 0.717) is 6.04 Å². The van der Waals surface area contributed by atoms with Crippen LogP contribution in [-0.2, 0) is 0 Å². The number of hydrogen-bond donors (Lipinski definition) is 1. The maximum atomic E-state index is 5.60. The van der Waals surface area contributed by atoms with Crippen LogP contribution >= 0.6 is 11.8 Å². The average molecular weight is 117 g/mol. The molecule has 1 rings (SSSR count). The molecule has 1 aliphatic rings. The maximum Gasteiger partial charge on any atom is 0.0140 e. The van der Waals surface area contributed by atoms with Gasteiger partial charge in [-0.25, -0.2) is 0 Å². The van der Waals surface area contributed by atoms with Crippen molar-refractivity contribution < 1.29 is 0 Å². The summed E-state index contributed by atoms with van der Waals surface area (Å²) in [6, 6.07) is 0.486. The lowest BCUT2D eigenvalue weighted by atomic mass is 10.2. The quantitative estimate of drug-likeness (QED) is 0.509. The molecule has 0 saturated carbocycles. The molecule has 2 heteroatoms. The Bertz CT molecular complexity index is 57.1. The van der Waals surface area contributed by atoms with Crippen molar-refractivity contribution >= 4 is 11.8 Å². The molecule has 2 atom stereocenters. The molecular formula is C5H11NS. The van der Waals surface area contributed by atoms with E-state index in [1.165, 1.54) is 12.2 Å². The van der Waals surface area contributed by atoms with Gasteiger partial charge in [0, 0.05) is 17.0 Å². The highest BCUT2D eigenvalue weighted by Gasteiger charge is 2.16. The normalized spacial score (nSPS) is 42.0. The van der Waals surface area contributed by atoms with E-state index < -0.39 is 0 Å². The highest BCUT2D eigenvalue weighted by molar-refractivity contribution is 8.00. The molecule has 1 nitrogen and oxygen atoms in total. The smallest absolute Gasteiger partial charge is 0.0140 e. The molecule has 0 radical (unpaired) electrons. The van der Waals surface area contributed by atoms with E-state index in [4.69, 9.17) is 5.73 Å². The molecular weight excluding hydrogens is 106 g/mol. The first-order valence-electron chi connectivity index (χ1n) is 2.66. The van der Waals surface area contributed by atoms with Crippen molar-refractivity contribution in [3.8, 4) is 0 Å². The summed E-state index contributed by atoms with van der Waals surface area (Å²) in [7, 11) is 0. The van der Waals surface area contributed by atoms with Crippen LogP contribution in [0.3, 0.4) is 0 Å². The van der Waals surface area contributed by atoms with Crippen molar-refractivity contribution in [1.29, 1.82) is 0 Å². The Morgan fingerprint density at radius 1 is 1.71 bits per heavy atom. The maximum absolute atomic E-state index is 5.60. The van der Waals surface area contributed by atoms with Crippen LogP contribution in [0.4, 0.5) is 0 Å². The van der Waals surface area contributed by atoms with E-state index in [-0.39, 0.29) is 0 Å². The Morgan fingerprint density at radius 3 is 2.57 bits per heavy atom. The molecule has 2 N–H and O–H groups in total. The molecule has 7 heavy (non-hydrogen) atoms. The van der Waals surface area contributed by atoms with Crippen LogP contribution in [0, 0.1) is 0 Å². The molecule has 1 aliphatic heterocycles. The van der Waals surface area contributed by atoms with Gasteiger partial charge in [-0.1, -0.05) is 6.92 Å². The van der Waals surface area contributed by atoms with Crippen molar-refractivity contribution in [2.45, 2.75) is 24.6 Å². The Kier molecular flexibility index (Phi) is 1.60. The molecule has 0 aromatic carbocycles. The van der Waals surface area contributed by atoms with Gasteiger partial charge in [0.15, 0.2) is 0 Å². The van der Waals surface area contributed by atoms with Crippen molar-refractivity contribution in [1.82, 2.24) is 0 Å². The Labute approximate surface area is 48.7 Å². The molecule has 0 bridgehead atoms. The van der Waals surface area contributed by atoms with Gasteiger partial charge >= 0.3 is 0 Å². The van der Waals surface area contributed by atoms with Crippen LogP contribution in [-0.4, -0.2) is 17.0 Å². The Hall–Kier alpha value is 0.310. The lowest BCUT2D eigenvalue weighted by molar-refractivity contribution is 0.705. The summed E-state index contributed by atoms with van der Waals surface area (Å²) in [5.74, 6) is 1.17. The monoisotopic (exact) mass is 117 g/mol. The molecule has 0 aromatic heterocycles. The van der Waals surface area contributed by atoms with Crippen LogP contribution in [0.25, 0.3) is 0 Å². The lowest BCUT2D eigenvalue weighted by Gasteiger charge is -1.95. The average Bonchev–Trinajstić information content (AvgIpc) is 1.87. The zero-order valence-corrected chi connectivity index (χ0v) is 5.37. The molecule has 1 heterocycles. The minimum atomic E-state index is 0.486. The van der Waals surface area contributed by atoms with Gasteiger partial charge in [-0.3, -0.25) is 0 Å². The van der Waals surface area contributed by atoms with E-state index in [1.807, 2.05) is 11.8 Å². The van der Waals surface area contributed by atoms with Gasteiger partial charge < -0.3 is 5.73 Å². The first-order valence-corrected chi connectivity index (χ1v) is 3.71.